The number of fused-ring (bicyclic) bond motifs is 1. The van der Waals surface area contributed by atoms with Gasteiger partial charge in [0.1, 0.15) is 5.69 Å². The average Bonchev–Trinajstić information content (AvgIpc) is 3.30. The van der Waals surface area contributed by atoms with E-state index in [0.717, 1.165) is 29.8 Å². The van der Waals surface area contributed by atoms with Gasteiger partial charge in [0, 0.05) is 5.92 Å². The third-order valence-electron chi connectivity index (χ3n) is 4.16. The van der Waals surface area contributed by atoms with E-state index in [1.165, 1.54) is 0 Å². The van der Waals surface area contributed by atoms with Crippen LogP contribution in [0.5, 0.6) is 0 Å². The van der Waals surface area contributed by atoms with E-state index in [1.807, 2.05) is 29.6 Å². The molecule has 0 radical (unpaired) electrons. The van der Waals surface area contributed by atoms with Crippen molar-refractivity contribution in [2.75, 3.05) is 0 Å². The van der Waals surface area contributed by atoms with Crippen LogP contribution in [-0.2, 0) is 11.3 Å². The lowest BCUT2D eigenvalue weighted by molar-refractivity contribution is -0.125. The second-order valence-electron chi connectivity index (χ2n) is 5.78. The van der Waals surface area contributed by atoms with Crippen LogP contribution in [0.3, 0.4) is 0 Å². The maximum atomic E-state index is 12.3. The van der Waals surface area contributed by atoms with E-state index in [-0.39, 0.29) is 11.8 Å². The van der Waals surface area contributed by atoms with Gasteiger partial charge in [-0.1, -0.05) is 18.2 Å². The molecule has 3 heterocycles. The third-order valence-corrected chi connectivity index (χ3v) is 5.05. The van der Waals surface area contributed by atoms with Crippen LogP contribution in [0.4, 0.5) is 0 Å². The van der Waals surface area contributed by atoms with Gasteiger partial charge in [-0.25, -0.2) is 0 Å². The maximum Gasteiger partial charge on any atom is 0.223 e. The summed E-state index contributed by atoms with van der Waals surface area (Å²) in [5, 5.41) is 17.9. The summed E-state index contributed by atoms with van der Waals surface area (Å²) >= 11 is 1.64. The summed E-state index contributed by atoms with van der Waals surface area (Å²) in [6.45, 7) is 0.334. The highest BCUT2D eigenvalue weighted by atomic mass is 32.1. The lowest BCUT2D eigenvalue weighted by Crippen LogP contribution is -2.31. The number of carbonyl (C=O) groups is 1. The van der Waals surface area contributed by atoms with E-state index in [0.29, 0.717) is 18.0 Å². The van der Waals surface area contributed by atoms with Gasteiger partial charge in [0.25, 0.3) is 0 Å². The molecule has 1 unspecified atom stereocenters. The fourth-order valence-corrected chi connectivity index (χ4v) is 3.53. The van der Waals surface area contributed by atoms with E-state index in [4.69, 9.17) is 0 Å². The number of allylic oxidation sites excluding steroid dienone is 2. The normalized spacial score (nSPS) is 17.2. The smallest absolute Gasteiger partial charge is 0.223 e. The van der Waals surface area contributed by atoms with Crippen molar-refractivity contribution < 1.29 is 4.79 Å². The molecule has 3 aromatic heterocycles. The lowest BCUT2D eigenvalue weighted by Gasteiger charge is -2.16. The third kappa shape index (κ3) is 2.94. The summed E-state index contributed by atoms with van der Waals surface area (Å²) in [5.74, 6) is 0.775. The van der Waals surface area contributed by atoms with Crippen LogP contribution in [0.1, 0.15) is 25.1 Å². The summed E-state index contributed by atoms with van der Waals surface area (Å²) in [4.78, 5) is 13.4. The molecule has 0 aliphatic heterocycles. The Labute approximate surface area is 143 Å². The van der Waals surface area contributed by atoms with E-state index >= 15 is 0 Å². The molecule has 0 bridgehead atoms. The predicted molar refractivity (Wildman–Crippen MR) is 92.4 cm³/mol. The lowest BCUT2D eigenvalue weighted by atomic mass is 9.94. The van der Waals surface area contributed by atoms with Gasteiger partial charge in [-0.15, -0.1) is 21.5 Å². The van der Waals surface area contributed by atoms with Crippen LogP contribution in [0, 0.1) is 5.92 Å². The zero-order valence-corrected chi connectivity index (χ0v) is 13.9. The molecule has 7 heteroatoms. The number of hydrogen-bond donors (Lipinski definition) is 1. The summed E-state index contributed by atoms with van der Waals surface area (Å²) in [5.41, 5.74) is 1.56. The highest BCUT2D eigenvalue weighted by Crippen LogP contribution is 2.22. The Morgan fingerprint density at radius 3 is 3.04 bits per heavy atom. The molecule has 1 aliphatic carbocycles. The number of nitrogens with zero attached hydrogens (tertiary/aromatic N) is 4. The van der Waals surface area contributed by atoms with Crippen molar-refractivity contribution in [3.8, 4) is 10.6 Å². The number of thiophene rings is 1. The van der Waals surface area contributed by atoms with Crippen molar-refractivity contribution >= 4 is 22.9 Å². The topological polar surface area (TPSA) is 72.2 Å². The van der Waals surface area contributed by atoms with Gasteiger partial charge in [0.15, 0.2) is 11.5 Å². The van der Waals surface area contributed by atoms with Crippen LogP contribution in [0.15, 0.2) is 41.8 Å². The molecule has 0 spiro atoms. The summed E-state index contributed by atoms with van der Waals surface area (Å²) in [7, 11) is 0. The molecular formula is C17H17N5OS. The Bertz CT molecular complexity index is 884. The van der Waals surface area contributed by atoms with Crippen LogP contribution in [-0.4, -0.2) is 25.7 Å². The Morgan fingerprint density at radius 1 is 1.29 bits per heavy atom. The molecule has 1 aliphatic rings. The molecule has 1 N–H and O–H groups in total. The first-order valence-corrected chi connectivity index (χ1v) is 8.87. The van der Waals surface area contributed by atoms with Gasteiger partial charge >= 0.3 is 0 Å². The quantitative estimate of drug-likeness (QED) is 0.742. The molecule has 3 aromatic rings. The highest BCUT2D eigenvalue weighted by Gasteiger charge is 2.19. The first kappa shape index (κ1) is 15.0. The first-order valence-electron chi connectivity index (χ1n) is 7.99. The monoisotopic (exact) mass is 339 g/mol. The van der Waals surface area contributed by atoms with Crippen molar-refractivity contribution in [1.82, 2.24) is 25.1 Å². The van der Waals surface area contributed by atoms with E-state index in [1.54, 1.807) is 15.9 Å². The van der Waals surface area contributed by atoms with Crippen LogP contribution < -0.4 is 5.32 Å². The molecule has 4 rings (SSSR count). The van der Waals surface area contributed by atoms with E-state index in [9.17, 15) is 4.79 Å². The minimum Gasteiger partial charge on any atom is -0.348 e. The van der Waals surface area contributed by atoms with Crippen LogP contribution in [0.2, 0.25) is 0 Å². The van der Waals surface area contributed by atoms with Crippen LogP contribution >= 0.6 is 11.3 Å². The standard InChI is InChI=1S/C17H17N5OS/c23-17(12-5-2-1-3-6-12)18-11-16-20-19-15-9-8-13(21-22(15)16)14-7-4-10-24-14/h1-2,4,7-10,12H,3,5-6,11H2,(H,18,23). The Hall–Kier alpha value is -2.54. The van der Waals surface area contributed by atoms with Crippen molar-refractivity contribution in [1.29, 1.82) is 0 Å². The average molecular weight is 339 g/mol. The zero-order chi connectivity index (χ0) is 16.4. The second-order valence-corrected chi connectivity index (χ2v) is 6.73. The minimum atomic E-state index is 0.0591. The summed E-state index contributed by atoms with van der Waals surface area (Å²) < 4.78 is 1.70. The second kappa shape index (κ2) is 6.52. The van der Waals surface area contributed by atoms with Gasteiger partial charge in [0.05, 0.1) is 11.4 Å². The van der Waals surface area contributed by atoms with E-state index < -0.39 is 0 Å². The summed E-state index contributed by atoms with van der Waals surface area (Å²) in [6, 6.07) is 7.86. The molecule has 24 heavy (non-hydrogen) atoms. The number of nitrogens with one attached hydrogen (secondary N) is 1. The highest BCUT2D eigenvalue weighted by molar-refractivity contribution is 7.13. The molecule has 1 atom stereocenters. The molecule has 0 saturated carbocycles. The van der Waals surface area contributed by atoms with Crippen molar-refractivity contribution in [2.45, 2.75) is 25.8 Å². The van der Waals surface area contributed by atoms with Gasteiger partial charge in [-0.3, -0.25) is 4.79 Å². The van der Waals surface area contributed by atoms with Crippen molar-refractivity contribution in [2.24, 2.45) is 5.92 Å². The van der Waals surface area contributed by atoms with Crippen molar-refractivity contribution in [3.63, 3.8) is 0 Å². The number of rotatable bonds is 4. The number of carbonyl (C=O) groups excluding carboxylic acids is 1. The summed E-state index contributed by atoms with van der Waals surface area (Å²) in [6.07, 6.45) is 6.90. The first-order chi connectivity index (χ1) is 11.8. The maximum absolute atomic E-state index is 12.3. The van der Waals surface area contributed by atoms with Gasteiger partial charge in [-0.2, -0.15) is 9.61 Å². The van der Waals surface area contributed by atoms with Crippen molar-refractivity contribution in [3.05, 3.63) is 47.6 Å². The molecule has 1 amide bonds. The van der Waals surface area contributed by atoms with Gasteiger partial charge in [-0.05, 0) is 42.8 Å². The molecule has 6 nitrogen and oxygen atoms in total. The van der Waals surface area contributed by atoms with E-state index in [2.05, 4.69) is 32.8 Å². The minimum absolute atomic E-state index is 0.0591. The van der Waals surface area contributed by atoms with Crippen LogP contribution in [0.25, 0.3) is 16.2 Å². The van der Waals surface area contributed by atoms with Gasteiger partial charge < -0.3 is 5.32 Å². The van der Waals surface area contributed by atoms with Gasteiger partial charge in [0.2, 0.25) is 5.91 Å². The number of amides is 1. The molecule has 122 valence electrons. The Morgan fingerprint density at radius 2 is 2.25 bits per heavy atom. The molecular weight excluding hydrogens is 322 g/mol. The number of aromatic nitrogens is 4. The fourth-order valence-electron chi connectivity index (χ4n) is 2.84. The Balaban J connectivity index is 1.52. The molecule has 0 fully saturated rings. The Kier molecular flexibility index (Phi) is 4.08. The largest absolute Gasteiger partial charge is 0.348 e. The predicted octanol–water partition coefficient (Wildman–Crippen LogP) is 2.83. The fraction of sp³-hybridized carbons (Fsp3) is 0.294. The zero-order valence-electron chi connectivity index (χ0n) is 13.1. The molecule has 0 saturated heterocycles. The SMILES string of the molecule is O=C(NCc1nnc2ccc(-c3cccs3)nn12)C1CC=CCC1. The number of hydrogen-bond acceptors (Lipinski definition) is 5. The molecule has 0 aromatic carbocycles.